The van der Waals surface area contributed by atoms with E-state index in [1.54, 1.807) is 6.07 Å². The maximum absolute atomic E-state index is 13.7. The normalized spacial score (nSPS) is 12.8. The predicted octanol–water partition coefficient (Wildman–Crippen LogP) is 5.54. The van der Waals surface area contributed by atoms with Crippen LogP contribution in [0.25, 0.3) is 16.7 Å². The Morgan fingerprint density at radius 2 is 2.00 bits per heavy atom. The van der Waals surface area contributed by atoms with E-state index in [0.717, 1.165) is 28.1 Å². The van der Waals surface area contributed by atoms with Gasteiger partial charge in [-0.25, -0.2) is 9.37 Å². The van der Waals surface area contributed by atoms with E-state index in [-0.39, 0.29) is 11.2 Å². The summed E-state index contributed by atoms with van der Waals surface area (Å²) in [5.41, 5.74) is 3.54. The van der Waals surface area contributed by atoms with Crippen LogP contribution in [0.4, 0.5) is 4.39 Å². The third-order valence-corrected chi connectivity index (χ3v) is 4.23. The molecular formula is C16H13BrClFN2. The summed E-state index contributed by atoms with van der Waals surface area (Å²) >= 11 is 9.53. The number of halogens is 3. The Bertz CT molecular complexity index is 827. The number of hydrogen-bond acceptors (Lipinski definition) is 1. The van der Waals surface area contributed by atoms with Crippen LogP contribution in [0.15, 0.2) is 40.9 Å². The highest BCUT2D eigenvalue weighted by atomic mass is 79.9. The van der Waals surface area contributed by atoms with Gasteiger partial charge in [0.05, 0.1) is 26.6 Å². The third-order valence-electron chi connectivity index (χ3n) is 3.42. The number of nitrogens with zero attached hydrogens (tertiary/aromatic N) is 2. The first-order chi connectivity index (χ1) is 9.99. The minimum atomic E-state index is -0.277. The molecule has 5 heteroatoms. The van der Waals surface area contributed by atoms with Crippen molar-refractivity contribution in [1.29, 1.82) is 0 Å². The molecule has 0 bridgehead atoms. The van der Waals surface area contributed by atoms with Crippen molar-refractivity contribution < 1.29 is 4.39 Å². The highest BCUT2D eigenvalue weighted by Crippen LogP contribution is 2.31. The van der Waals surface area contributed by atoms with E-state index in [1.165, 1.54) is 6.07 Å². The average molecular weight is 368 g/mol. The average Bonchev–Trinajstić information content (AvgIpc) is 2.82. The molecule has 0 amide bonds. The fourth-order valence-electron chi connectivity index (χ4n) is 2.44. The summed E-state index contributed by atoms with van der Waals surface area (Å²) in [5, 5.41) is -0.249. The SMILES string of the molecule is Cc1cc(F)c(Br)cc1-n1c(C(C)Cl)nc2ccccc21. The minimum absolute atomic E-state index is 0.249. The van der Waals surface area contributed by atoms with E-state index in [0.29, 0.717) is 4.47 Å². The number of aromatic nitrogens is 2. The van der Waals surface area contributed by atoms with E-state index in [1.807, 2.05) is 42.7 Å². The third kappa shape index (κ3) is 2.47. The molecule has 0 saturated heterocycles. The lowest BCUT2D eigenvalue weighted by Gasteiger charge is -2.14. The monoisotopic (exact) mass is 366 g/mol. The molecule has 0 spiro atoms. The van der Waals surface area contributed by atoms with Gasteiger partial charge in [0.15, 0.2) is 0 Å². The minimum Gasteiger partial charge on any atom is -0.295 e. The number of hydrogen-bond donors (Lipinski definition) is 0. The van der Waals surface area contributed by atoms with Crippen molar-refractivity contribution in [3.63, 3.8) is 0 Å². The van der Waals surface area contributed by atoms with Gasteiger partial charge in [0.2, 0.25) is 0 Å². The Morgan fingerprint density at radius 3 is 2.71 bits per heavy atom. The summed E-state index contributed by atoms with van der Waals surface area (Å²) in [7, 11) is 0. The van der Waals surface area contributed by atoms with Gasteiger partial charge in [0.1, 0.15) is 11.6 Å². The molecule has 0 N–H and O–H groups in total. The standard InChI is InChI=1S/C16H13BrClFN2/c1-9-7-12(19)11(17)8-15(9)21-14-6-4-3-5-13(14)20-16(21)10(2)18/h3-8,10H,1-2H3. The van der Waals surface area contributed by atoms with Crippen molar-refractivity contribution in [3.8, 4) is 5.69 Å². The van der Waals surface area contributed by atoms with E-state index < -0.39 is 0 Å². The van der Waals surface area contributed by atoms with Crippen LogP contribution in [0.5, 0.6) is 0 Å². The van der Waals surface area contributed by atoms with Crippen LogP contribution in [-0.4, -0.2) is 9.55 Å². The fraction of sp³-hybridized carbons (Fsp3) is 0.188. The summed E-state index contributed by atoms with van der Waals surface area (Å²) in [6, 6.07) is 11.1. The second-order valence-electron chi connectivity index (χ2n) is 4.96. The van der Waals surface area contributed by atoms with Crippen molar-refractivity contribution in [2.45, 2.75) is 19.2 Å². The zero-order valence-corrected chi connectivity index (χ0v) is 13.9. The van der Waals surface area contributed by atoms with Crippen LogP contribution in [0.1, 0.15) is 23.7 Å². The summed E-state index contributed by atoms with van der Waals surface area (Å²) in [4.78, 5) is 4.60. The molecule has 0 fully saturated rings. The maximum atomic E-state index is 13.7. The summed E-state index contributed by atoms with van der Waals surface area (Å²) in [6.07, 6.45) is 0. The number of aryl methyl sites for hydroxylation is 1. The first kappa shape index (κ1) is 14.5. The van der Waals surface area contributed by atoms with Gasteiger partial charge < -0.3 is 0 Å². The molecule has 0 aliphatic rings. The largest absolute Gasteiger partial charge is 0.295 e. The van der Waals surface area contributed by atoms with Gasteiger partial charge in [-0.1, -0.05) is 12.1 Å². The van der Waals surface area contributed by atoms with Crippen LogP contribution in [0, 0.1) is 12.7 Å². The number of fused-ring (bicyclic) bond motifs is 1. The fourth-order valence-corrected chi connectivity index (χ4v) is 2.92. The van der Waals surface area contributed by atoms with Crippen molar-refractivity contribution in [2.75, 3.05) is 0 Å². The maximum Gasteiger partial charge on any atom is 0.137 e. The number of para-hydroxylation sites is 2. The lowest BCUT2D eigenvalue weighted by molar-refractivity contribution is 0.619. The van der Waals surface area contributed by atoms with E-state index >= 15 is 0 Å². The summed E-state index contributed by atoms with van der Waals surface area (Å²) in [6.45, 7) is 3.76. The highest BCUT2D eigenvalue weighted by Gasteiger charge is 2.18. The zero-order valence-electron chi connectivity index (χ0n) is 11.6. The van der Waals surface area contributed by atoms with Gasteiger partial charge in [-0.05, 0) is 59.6 Å². The molecule has 3 aromatic rings. The van der Waals surface area contributed by atoms with E-state index in [4.69, 9.17) is 11.6 Å². The first-order valence-electron chi connectivity index (χ1n) is 6.56. The number of rotatable bonds is 2. The van der Waals surface area contributed by atoms with Crippen molar-refractivity contribution in [2.24, 2.45) is 0 Å². The predicted molar refractivity (Wildman–Crippen MR) is 87.7 cm³/mol. The van der Waals surface area contributed by atoms with Crippen molar-refractivity contribution in [3.05, 3.63) is 58.1 Å². The lowest BCUT2D eigenvalue weighted by atomic mass is 10.2. The van der Waals surface area contributed by atoms with Crippen LogP contribution >= 0.6 is 27.5 Å². The Labute approximate surface area is 135 Å². The van der Waals surface area contributed by atoms with Gasteiger partial charge in [-0.3, -0.25) is 4.57 Å². The topological polar surface area (TPSA) is 17.8 Å². The molecule has 1 heterocycles. The Kier molecular flexibility index (Phi) is 3.76. The number of alkyl halides is 1. The second kappa shape index (κ2) is 5.43. The molecule has 0 saturated carbocycles. The Morgan fingerprint density at radius 1 is 1.29 bits per heavy atom. The van der Waals surface area contributed by atoms with Crippen LogP contribution in [0.3, 0.4) is 0 Å². The zero-order chi connectivity index (χ0) is 15.1. The molecule has 0 radical (unpaired) electrons. The summed E-state index contributed by atoms with van der Waals surface area (Å²) in [5.74, 6) is 0.473. The molecule has 21 heavy (non-hydrogen) atoms. The van der Waals surface area contributed by atoms with Crippen LogP contribution in [0.2, 0.25) is 0 Å². The molecule has 3 rings (SSSR count). The smallest absolute Gasteiger partial charge is 0.137 e. The molecule has 2 aromatic carbocycles. The number of imidazole rings is 1. The highest BCUT2D eigenvalue weighted by molar-refractivity contribution is 9.10. The first-order valence-corrected chi connectivity index (χ1v) is 7.79. The van der Waals surface area contributed by atoms with Crippen molar-refractivity contribution in [1.82, 2.24) is 9.55 Å². The van der Waals surface area contributed by atoms with E-state index in [2.05, 4.69) is 20.9 Å². The van der Waals surface area contributed by atoms with Gasteiger partial charge in [0, 0.05) is 0 Å². The van der Waals surface area contributed by atoms with Gasteiger partial charge >= 0.3 is 0 Å². The molecule has 1 aromatic heterocycles. The second-order valence-corrected chi connectivity index (χ2v) is 6.47. The van der Waals surface area contributed by atoms with Gasteiger partial charge in [-0.15, -0.1) is 11.6 Å². The van der Waals surface area contributed by atoms with Gasteiger partial charge in [-0.2, -0.15) is 0 Å². The molecule has 2 nitrogen and oxygen atoms in total. The van der Waals surface area contributed by atoms with Crippen molar-refractivity contribution >= 4 is 38.6 Å². The van der Waals surface area contributed by atoms with Gasteiger partial charge in [0.25, 0.3) is 0 Å². The van der Waals surface area contributed by atoms with Crippen LogP contribution < -0.4 is 0 Å². The lowest BCUT2D eigenvalue weighted by Crippen LogP contribution is -2.04. The molecule has 1 atom stereocenters. The Balaban J connectivity index is 2.38. The quantitative estimate of drug-likeness (QED) is 0.544. The molecular weight excluding hydrogens is 355 g/mol. The van der Waals surface area contributed by atoms with Crippen LogP contribution in [-0.2, 0) is 0 Å². The molecule has 1 unspecified atom stereocenters. The van der Waals surface area contributed by atoms with E-state index in [9.17, 15) is 4.39 Å². The molecule has 0 aliphatic heterocycles. The Hall–Kier alpha value is -1.39. The molecule has 0 aliphatic carbocycles. The number of benzene rings is 2. The molecule has 108 valence electrons. The summed E-state index contributed by atoms with van der Waals surface area (Å²) < 4.78 is 16.1.